The van der Waals surface area contributed by atoms with Crippen molar-refractivity contribution in [3.63, 3.8) is 0 Å². The van der Waals surface area contributed by atoms with Crippen molar-refractivity contribution in [2.45, 2.75) is 58.4 Å². The first kappa shape index (κ1) is 14.3. The molecule has 1 N–H and O–H groups in total. The highest BCUT2D eigenvalue weighted by Crippen LogP contribution is 2.26. The molecule has 0 aliphatic heterocycles. The summed E-state index contributed by atoms with van der Waals surface area (Å²) in [5, 5.41) is 3.17. The highest BCUT2D eigenvalue weighted by molar-refractivity contribution is 14.1. The van der Waals surface area contributed by atoms with Crippen molar-refractivity contribution in [3.8, 4) is 0 Å². The van der Waals surface area contributed by atoms with Crippen molar-refractivity contribution < 1.29 is 4.79 Å². The second kappa shape index (κ2) is 7.51. The molecule has 1 atom stereocenters. The SMILES string of the molecule is CC(C)C(CI)NC(=O)CC1CCCCC1. The van der Waals surface area contributed by atoms with Gasteiger partial charge < -0.3 is 5.32 Å². The Labute approximate surface area is 113 Å². The molecule has 1 fully saturated rings. The third kappa shape index (κ3) is 5.02. The monoisotopic (exact) mass is 337 g/mol. The van der Waals surface area contributed by atoms with E-state index in [1.165, 1.54) is 32.1 Å². The molecule has 0 aromatic heterocycles. The lowest BCUT2D eigenvalue weighted by Crippen LogP contribution is -2.40. The van der Waals surface area contributed by atoms with Crippen LogP contribution in [0, 0.1) is 11.8 Å². The summed E-state index contributed by atoms with van der Waals surface area (Å²) < 4.78 is 1.01. The number of amides is 1. The van der Waals surface area contributed by atoms with Crippen molar-refractivity contribution in [3.05, 3.63) is 0 Å². The van der Waals surface area contributed by atoms with E-state index in [0.717, 1.165) is 10.8 Å². The molecular formula is C13H24INO. The minimum absolute atomic E-state index is 0.266. The Morgan fingerprint density at radius 2 is 1.94 bits per heavy atom. The molecule has 94 valence electrons. The van der Waals surface area contributed by atoms with E-state index in [1.54, 1.807) is 0 Å². The largest absolute Gasteiger partial charge is 0.352 e. The number of hydrogen-bond donors (Lipinski definition) is 1. The maximum atomic E-state index is 11.9. The lowest BCUT2D eigenvalue weighted by Gasteiger charge is -2.24. The molecule has 0 saturated heterocycles. The fraction of sp³-hybridized carbons (Fsp3) is 0.923. The van der Waals surface area contributed by atoms with Gasteiger partial charge in [0.25, 0.3) is 0 Å². The maximum absolute atomic E-state index is 11.9. The lowest BCUT2D eigenvalue weighted by molar-refractivity contribution is -0.123. The highest BCUT2D eigenvalue weighted by atomic mass is 127. The second-order valence-electron chi connectivity index (χ2n) is 5.28. The molecule has 1 amide bonds. The van der Waals surface area contributed by atoms with Crippen LogP contribution < -0.4 is 5.32 Å². The van der Waals surface area contributed by atoms with Crippen molar-refractivity contribution in [2.24, 2.45) is 11.8 Å². The molecule has 0 radical (unpaired) electrons. The van der Waals surface area contributed by atoms with E-state index >= 15 is 0 Å². The first-order valence-corrected chi connectivity index (χ1v) is 8.01. The molecule has 2 nitrogen and oxygen atoms in total. The number of carbonyl (C=O) groups excluding carboxylic acids is 1. The summed E-state index contributed by atoms with van der Waals surface area (Å²) in [4.78, 5) is 11.9. The Bertz CT molecular complexity index is 212. The number of nitrogens with one attached hydrogen (secondary N) is 1. The van der Waals surface area contributed by atoms with Crippen LogP contribution in [0.2, 0.25) is 0 Å². The number of hydrogen-bond acceptors (Lipinski definition) is 1. The van der Waals surface area contributed by atoms with Gasteiger partial charge in [-0.3, -0.25) is 4.79 Å². The van der Waals surface area contributed by atoms with Crippen molar-refractivity contribution >= 4 is 28.5 Å². The zero-order chi connectivity index (χ0) is 12.0. The van der Waals surface area contributed by atoms with Gasteiger partial charge in [-0.1, -0.05) is 55.7 Å². The molecule has 1 unspecified atom stereocenters. The van der Waals surface area contributed by atoms with Crippen molar-refractivity contribution in [1.82, 2.24) is 5.32 Å². The van der Waals surface area contributed by atoms with Crippen molar-refractivity contribution in [2.75, 3.05) is 4.43 Å². The van der Waals surface area contributed by atoms with Crippen LogP contribution in [0.25, 0.3) is 0 Å². The van der Waals surface area contributed by atoms with Gasteiger partial charge in [0.05, 0.1) is 0 Å². The molecule has 1 aliphatic rings. The Kier molecular flexibility index (Phi) is 6.70. The predicted molar refractivity (Wildman–Crippen MR) is 76.8 cm³/mol. The third-order valence-electron chi connectivity index (χ3n) is 3.52. The normalized spacial score (nSPS) is 19.8. The highest BCUT2D eigenvalue weighted by Gasteiger charge is 2.19. The van der Waals surface area contributed by atoms with Crippen LogP contribution in [-0.2, 0) is 4.79 Å². The third-order valence-corrected chi connectivity index (χ3v) is 4.47. The fourth-order valence-electron chi connectivity index (χ4n) is 2.30. The summed E-state index contributed by atoms with van der Waals surface area (Å²) >= 11 is 2.35. The number of carbonyl (C=O) groups is 1. The van der Waals surface area contributed by atoms with Crippen LogP contribution in [-0.4, -0.2) is 16.4 Å². The van der Waals surface area contributed by atoms with Gasteiger partial charge in [-0.05, 0) is 24.7 Å². The van der Waals surface area contributed by atoms with Gasteiger partial charge in [-0.25, -0.2) is 0 Å². The van der Waals surface area contributed by atoms with Crippen LogP contribution in [0.3, 0.4) is 0 Å². The Morgan fingerprint density at radius 1 is 1.31 bits per heavy atom. The molecule has 1 saturated carbocycles. The zero-order valence-corrected chi connectivity index (χ0v) is 12.6. The topological polar surface area (TPSA) is 29.1 Å². The van der Waals surface area contributed by atoms with E-state index < -0.39 is 0 Å². The lowest BCUT2D eigenvalue weighted by atomic mass is 9.86. The first-order chi connectivity index (χ1) is 7.63. The molecule has 1 aliphatic carbocycles. The molecule has 3 heteroatoms. The van der Waals surface area contributed by atoms with E-state index in [2.05, 4.69) is 41.8 Å². The van der Waals surface area contributed by atoms with E-state index in [0.29, 0.717) is 17.9 Å². The molecule has 0 heterocycles. The summed E-state index contributed by atoms with van der Waals surface area (Å²) in [6.45, 7) is 4.34. The summed E-state index contributed by atoms with van der Waals surface area (Å²) in [5.41, 5.74) is 0. The number of rotatable bonds is 5. The summed E-state index contributed by atoms with van der Waals surface area (Å²) in [7, 11) is 0. The summed E-state index contributed by atoms with van der Waals surface area (Å²) in [5.74, 6) is 1.45. The van der Waals surface area contributed by atoms with E-state index in [4.69, 9.17) is 0 Å². The second-order valence-corrected chi connectivity index (χ2v) is 6.16. The summed E-state index contributed by atoms with van der Waals surface area (Å²) in [6, 6.07) is 0.344. The first-order valence-electron chi connectivity index (χ1n) is 6.48. The minimum atomic E-state index is 0.266. The smallest absolute Gasteiger partial charge is 0.220 e. The molecule has 0 aromatic rings. The molecule has 0 aromatic carbocycles. The predicted octanol–water partition coefficient (Wildman–Crippen LogP) is 3.53. The molecule has 0 bridgehead atoms. The fourth-order valence-corrected chi connectivity index (χ4v) is 3.54. The van der Waals surface area contributed by atoms with Crippen LogP contribution in [0.15, 0.2) is 0 Å². The van der Waals surface area contributed by atoms with Gasteiger partial charge in [0.2, 0.25) is 5.91 Å². The van der Waals surface area contributed by atoms with Crippen LogP contribution in [0.1, 0.15) is 52.4 Å². The quantitative estimate of drug-likeness (QED) is 0.603. The molecule has 1 rings (SSSR count). The Morgan fingerprint density at radius 3 is 2.44 bits per heavy atom. The average Bonchev–Trinajstić information content (AvgIpc) is 2.27. The van der Waals surface area contributed by atoms with Gasteiger partial charge in [0, 0.05) is 16.9 Å². The van der Waals surface area contributed by atoms with E-state index in [9.17, 15) is 4.79 Å². The zero-order valence-electron chi connectivity index (χ0n) is 10.5. The van der Waals surface area contributed by atoms with Crippen LogP contribution >= 0.6 is 22.6 Å². The minimum Gasteiger partial charge on any atom is -0.352 e. The maximum Gasteiger partial charge on any atom is 0.220 e. The van der Waals surface area contributed by atoms with E-state index in [-0.39, 0.29) is 5.91 Å². The Balaban J connectivity index is 2.28. The molecule has 0 spiro atoms. The molecule has 16 heavy (non-hydrogen) atoms. The van der Waals surface area contributed by atoms with Gasteiger partial charge >= 0.3 is 0 Å². The van der Waals surface area contributed by atoms with Gasteiger partial charge in [0.15, 0.2) is 0 Å². The van der Waals surface area contributed by atoms with Crippen LogP contribution in [0.4, 0.5) is 0 Å². The van der Waals surface area contributed by atoms with Gasteiger partial charge in [0.1, 0.15) is 0 Å². The summed E-state index contributed by atoms with van der Waals surface area (Å²) in [6.07, 6.45) is 7.25. The van der Waals surface area contributed by atoms with Crippen molar-refractivity contribution in [1.29, 1.82) is 0 Å². The Hall–Kier alpha value is 0.200. The molecular weight excluding hydrogens is 313 g/mol. The van der Waals surface area contributed by atoms with E-state index in [1.807, 2.05) is 0 Å². The van der Waals surface area contributed by atoms with Crippen LogP contribution in [0.5, 0.6) is 0 Å². The standard InChI is InChI=1S/C13H24INO/c1-10(2)12(9-14)15-13(16)8-11-6-4-3-5-7-11/h10-12H,3-9H2,1-2H3,(H,15,16). The van der Waals surface area contributed by atoms with Gasteiger partial charge in [-0.2, -0.15) is 0 Å². The number of alkyl halides is 1. The average molecular weight is 337 g/mol. The van der Waals surface area contributed by atoms with Gasteiger partial charge in [-0.15, -0.1) is 0 Å². The number of halogens is 1.